The van der Waals surface area contributed by atoms with Gasteiger partial charge in [-0.05, 0) is 41.8 Å². The van der Waals surface area contributed by atoms with E-state index in [2.05, 4.69) is 15.6 Å². The highest BCUT2D eigenvalue weighted by Gasteiger charge is 2.17. The number of methoxy groups -OCH3 is 3. The molecule has 1 aliphatic rings. The smallest absolute Gasteiger partial charge is 0.203 e. The molecular formula is C22H29ClIN3O5. The number of hydrogen-bond acceptors (Lipinski definition) is 6. The number of fused-ring (bicyclic) bond motifs is 1. The fraction of sp³-hybridized carbons (Fsp3) is 0.409. The molecule has 0 saturated carbocycles. The van der Waals surface area contributed by atoms with Crippen molar-refractivity contribution in [2.75, 3.05) is 48.1 Å². The SMILES string of the molecule is CN=C(NCCc1cc(Cl)c2c(c1)OCCO2)NCc1cc(OC)c(OC)c(OC)c1.I. The van der Waals surface area contributed by atoms with E-state index in [1.54, 1.807) is 28.4 Å². The van der Waals surface area contributed by atoms with E-state index in [0.717, 1.165) is 17.5 Å². The number of benzene rings is 2. The molecule has 2 aromatic carbocycles. The summed E-state index contributed by atoms with van der Waals surface area (Å²) in [6.45, 7) is 2.25. The molecule has 2 aromatic rings. The van der Waals surface area contributed by atoms with Gasteiger partial charge in [0.25, 0.3) is 0 Å². The van der Waals surface area contributed by atoms with Crippen LogP contribution in [0.5, 0.6) is 28.7 Å². The van der Waals surface area contributed by atoms with Crippen LogP contribution in [0.15, 0.2) is 29.3 Å². The first kappa shape index (κ1) is 26.0. The molecule has 0 atom stereocenters. The zero-order valence-electron chi connectivity index (χ0n) is 18.6. The molecule has 8 nitrogen and oxygen atoms in total. The summed E-state index contributed by atoms with van der Waals surface area (Å²) in [5.74, 6) is 3.77. The Balaban J connectivity index is 0.00000363. The number of guanidine groups is 1. The lowest BCUT2D eigenvalue weighted by molar-refractivity contribution is 0.171. The Kier molecular flexibility index (Phi) is 10.3. The van der Waals surface area contributed by atoms with E-state index in [1.807, 2.05) is 24.3 Å². The molecule has 32 heavy (non-hydrogen) atoms. The average molecular weight is 578 g/mol. The second-order valence-electron chi connectivity index (χ2n) is 6.74. The van der Waals surface area contributed by atoms with Crippen molar-refractivity contribution in [1.82, 2.24) is 10.6 Å². The first-order chi connectivity index (χ1) is 15.1. The Labute approximate surface area is 210 Å². The number of nitrogens with zero attached hydrogens (tertiary/aromatic N) is 1. The highest BCUT2D eigenvalue weighted by molar-refractivity contribution is 14.0. The van der Waals surface area contributed by atoms with Crippen LogP contribution in [0.2, 0.25) is 5.02 Å². The standard InChI is InChI=1S/C22H28ClN3O5.HI/c1-24-22(26-13-15-11-17(27-2)21(29-4)18(12-15)28-3)25-6-5-14-9-16(23)20-19(10-14)30-7-8-31-20;/h9-12H,5-8,13H2,1-4H3,(H2,24,25,26);1H. The minimum atomic E-state index is 0. The molecule has 0 bridgehead atoms. The largest absolute Gasteiger partial charge is 0.493 e. The van der Waals surface area contributed by atoms with Crippen LogP contribution >= 0.6 is 35.6 Å². The van der Waals surface area contributed by atoms with Crippen molar-refractivity contribution in [1.29, 1.82) is 0 Å². The monoisotopic (exact) mass is 577 g/mol. The highest BCUT2D eigenvalue weighted by Crippen LogP contribution is 2.39. The summed E-state index contributed by atoms with van der Waals surface area (Å²) in [6.07, 6.45) is 0.751. The van der Waals surface area contributed by atoms with E-state index in [9.17, 15) is 0 Å². The molecule has 0 aromatic heterocycles. The summed E-state index contributed by atoms with van der Waals surface area (Å²) in [5, 5.41) is 7.16. The van der Waals surface area contributed by atoms with Gasteiger partial charge in [0.05, 0.1) is 26.4 Å². The Bertz CT molecular complexity index is 917. The van der Waals surface area contributed by atoms with Gasteiger partial charge in [0.15, 0.2) is 29.0 Å². The molecule has 0 spiro atoms. The molecule has 10 heteroatoms. The maximum atomic E-state index is 6.31. The van der Waals surface area contributed by atoms with Gasteiger partial charge in [-0.2, -0.15) is 0 Å². The van der Waals surface area contributed by atoms with Crippen molar-refractivity contribution in [2.24, 2.45) is 4.99 Å². The van der Waals surface area contributed by atoms with Gasteiger partial charge < -0.3 is 34.3 Å². The molecule has 0 saturated heterocycles. The molecule has 176 valence electrons. The highest BCUT2D eigenvalue weighted by atomic mass is 127. The van der Waals surface area contributed by atoms with Gasteiger partial charge in [-0.15, -0.1) is 24.0 Å². The lowest BCUT2D eigenvalue weighted by Gasteiger charge is -2.20. The second kappa shape index (κ2) is 12.7. The van der Waals surface area contributed by atoms with Crippen molar-refractivity contribution in [3.05, 3.63) is 40.4 Å². The fourth-order valence-electron chi connectivity index (χ4n) is 3.28. The minimum absolute atomic E-state index is 0. The third kappa shape index (κ3) is 6.38. The zero-order valence-corrected chi connectivity index (χ0v) is 21.7. The molecular weight excluding hydrogens is 549 g/mol. The van der Waals surface area contributed by atoms with Crippen molar-refractivity contribution in [3.63, 3.8) is 0 Å². The molecule has 0 fully saturated rings. The second-order valence-corrected chi connectivity index (χ2v) is 7.15. The first-order valence-electron chi connectivity index (χ1n) is 9.91. The van der Waals surface area contributed by atoms with Crippen molar-refractivity contribution >= 4 is 41.5 Å². The Morgan fingerprint density at radius 2 is 1.66 bits per heavy atom. The van der Waals surface area contributed by atoms with E-state index < -0.39 is 0 Å². The lowest BCUT2D eigenvalue weighted by Crippen LogP contribution is -2.37. The molecule has 1 aliphatic heterocycles. The zero-order chi connectivity index (χ0) is 22.2. The van der Waals surface area contributed by atoms with Crippen LogP contribution < -0.4 is 34.3 Å². The number of ether oxygens (including phenoxy) is 5. The van der Waals surface area contributed by atoms with Crippen LogP contribution in [0.1, 0.15) is 11.1 Å². The van der Waals surface area contributed by atoms with Crippen molar-refractivity contribution in [2.45, 2.75) is 13.0 Å². The summed E-state index contributed by atoms with van der Waals surface area (Å²) in [5.41, 5.74) is 2.03. The predicted molar refractivity (Wildman–Crippen MR) is 136 cm³/mol. The summed E-state index contributed by atoms with van der Waals surface area (Å²) in [7, 11) is 6.50. The summed E-state index contributed by atoms with van der Waals surface area (Å²) >= 11 is 6.31. The Hall–Kier alpha value is -2.27. The van der Waals surface area contributed by atoms with Gasteiger partial charge in [-0.3, -0.25) is 4.99 Å². The number of halogens is 2. The topological polar surface area (TPSA) is 82.6 Å². The maximum Gasteiger partial charge on any atom is 0.203 e. The van der Waals surface area contributed by atoms with Gasteiger partial charge >= 0.3 is 0 Å². The fourth-order valence-corrected chi connectivity index (χ4v) is 3.57. The minimum Gasteiger partial charge on any atom is -0.493 e. The van der Waals surface area contributed by atoms with Gasteiger partial charge in [-0.25, -0.2) is 0 Å². The van der Waals surface area contributed by atoms with Crippen LogP contribution in [-0.2, 0) is 13.0 Å². The molecule has 2 N–H and O–H groups in total. The van der Waals surface area contributed by atoms with Crippen LogP contribution in [0.25, 0.3) is 0 Å². The Morgan fingerprint density at radius 3 is 2.28 bits per heavy atom. The quantitative estimate of drug-likeness (QED) is 0.282. The van der Waals surface area contributed by atoms with E-state index in [0.29, 0.717) is 66.0 Å². The molecule has 0 aliphatic carbocycles. The number of hydrogen-bond donors (Lipinski definition) is 2. The lowest BCUT2D eigenvalue weighted by atomic mass is 10.1. The molecule has 1 heterocycles. The van der Waals surface area contributed by atoms with Crippen molar-refractivity contribution in [3.8, 4) is 28.7 Å². The van der Waals surface area contributed by atoms with Crippen LogP contribution in [0.4, 0.5) is 0 Å². The van der Waals surface area contributed by atoms with E-state index >= 15 is 0 Å². The summed E-state index contributed by atoms with van der Waals surface area (Å²) < 4.78 is 27.4. The normalized spacial score (nSPS) is 12.5. The number of aliphatic imine (C=N–C) groups is 1. The van der Waals surface area contributed by atoms with Gasteiger partial charge in [0, 0.05) is 20.1 Å². The molecule has 0 radical (unpaired) electrons. The van der Waals surface area contributed by atoms with Crippen LogP contribution in [0.3, 0.4) is 0 Å². The number of rotatable bonds is 8. The Morgan fingerprint density at radius 1 is 0.969 bits per heavy atom. The van der Waals surface area contributed by atoms with Crippen LogP contribution in [-0.4, -0.2) is 54.1 Å². The van der Waals surface area contributed by atoms with E-state index in [-0.39, 0.29) is 24.0 Å². The van der Waals surface area contributed by atoms with E-state index in [1.165, 1.54) is 0 Å². The third-order valence-corrected chi connectivity index (χ3v) is 5.05. The van der Waals surface area contributed by atoms with Gasteiger partial charge in [-0.1, -0.05) is 11.6 Å². The summed E-state index contributed by atoms with van der Waals surface area (Å²) in [4.78, 5) is 4.28. The average Bonchev–Trinajstić information content (AvgIpc) is 2.80. The molecule has 0 unspecified atom stereocenters. The third-order valence-electron chi connectivity index (χ3n) is 4.77. The number of nitrogens with one attached hydrogen (secondary N) is 2. The van der Waals surface area contributed by atoms with Gasteiger partial charge in [0.1, 0.15) is 13.2 Å². The van der Waals surface area contributed by atoms with E-state index in [4.69, 9.17) is 35.3 Å². The molecule has 0 amide bonds. The predicted octanol–water partition coefficient (Wildman–Crippen LogP) is 3.66. The van der Waals surface area contributed by atoms with Crippen molar-refractivity contribution < 1.29 is 23.7 Å². The maximum absolute atomic E-state index is 6.31. The van der Waals surface area contributed by atoms with Gasteiger partial charge in [0.2, 0.25) is 5.75 Å². The van der Waals surface area contributed by atoms with Crippen LogP contribution in [0, 0.1) is 0 Å². The molecule has 3 rings (SSSR count). The summed E-state index contributed by atoms with van der Waals surface area (Å²) in [6, 6.07) is 7.68. The first-order valence-corrected chi connectivity index (χ1v) is 10.3.